The molecule has 0 spiro atoms. The van der Waals surface area contributed by atoms with Crippen LogP contribution in [0.25, 0.3) is 0 Å². The molecule has 0 aromatic heterocycles. The van der Waals surface area contributed by atoms with E-state index < -0.39 is 0 Å². The normalized spacial score (nSPS) is 11.6. The number of rotatable bonds is 8. The number of phenolic OH excluding ortho intramolecular Hbond substituents is 1. The van der Waals surface area contributed by atoms with E-state index in [0.29, 0.717) is 12.4 Å². The van der Waals surface area contributed by atoms with Gasteiger partial charge in [0.2, 0.25) is 0 Å². The van der Waals surface area contributed by atoms with Crippen molar-refractivity contribution in [3.8, 4) is 11.5 Å². The second-order valence-electron chi connectivity index (χ2n) is 5.84. The topological polar surface area (TPSA) is 29.5 Å². The number of unbranched alkanes of at least 4 members (excludes halogenated alkanes) is 3. The minimum Gasteiger partial charge on any atom is -0.508 e. The Balaban J connectivity index is 2.75. The zero-order valence-corrected chi connectivity index (χ0v) is 12.8. The first-order valence-corrected chi connectivity index (χ1v) is 7.47. The van der Waals surface area contributed by atoms with Crippen LogP contribution >= 0.6 is 0 Å². The van der Waals surface area contributed by atoms with Crippen LogP contribution in [0.3, 0.4) is 0 Å². The molecule has 0 atom stereocenters. The number of aromatic hydroxyl groups is 1. The Morgan fingerprint density at radius 3 is 2.42 bits per heavy atom. The molecule has 0 aliphatic carbocycles. The summed E-state index contributed by atoms with van der Waals surface area (Å²) >= 11 is 0. The largest absolute Gasteiger partial charge is 0.508 e. The molecule has 0 fully saturated rings. The molecule has 0 bridgehead atoms. The van der Waals surface area contributed by atoms with Crippen LogP contribution < -0.4 is 4.74 Å². The van der Waals surface area contributed by atoms with Gasteiger partial charge in [-0.05, 0) is 36.5 Å². The van der Waals surface area contributed by atoms with Crippen molar-refractivity contribution in [1.29, 1.82) is 0 Å². The molecule has 1 aromatic rings. The summed E-state index contributed by atoms with van der Waals surface area (Å²) in [5.41, 5.74) is 1.24. The van der Waals surface area contributed by atoms with Crippen LogP contribution in [0.4, 0.5) is 0 Å². The van der Waals surface area contributed by atoms with Gasteiger partial charge < -0.3 is 9.84 Å². The maximum absolute atomic E-state index is 9.81. The van der Waals surface area contributed by atoms with Crippen LogP contribution in [0.15, 0.2) is 18.2 Å². The van der Waals surface area contributed by atoms with E-state index in [9.17, 15) is 5.11 Å². The predicted octanol–water partition coefficient (Wildman–Crippen LogP) is 5.04. The van der Waals surface area contributed by atoms with E-state index in [1.807, 2.05) is 13.0 Å². The molecule has 0 heterocycles. The Hall–Kier alpha value is -1.18. The van der Waals surface area contributed by atoms with E-state index in [1.54, 1.807) is 6.07 Å². The molecular weight excluding hydrogens is 236 g/mol. The average molecular weight is 264 g/mol. The molecule has 0 saturated carbocycles. The lowest BCUT2D eigenvalue weighted by Crippen LogP contribution is -2.17. The molecule has 0 aliphatic heterocycles. The zero-order valence-electron chi connectivity index (χ0n) is 12.8. The van der Waals surface area contributed by atoms with E-state index in [-0.39, 0.29) is 5.41 Å². The molecular formula is C17H28O2. The standard InChI is InChI=1S/C17H28O2/c1-5-7-8-9-10-17(3,4)14-11-15(18)13-16(12-14)19-6-2/h11-13,18H,5-10H2,1-4H3. The summed E-state index contributed by atoms with van der Waals surface area (Å²) in [6, 6.07) is 5.60. The summed E-state index contributed by atoms with van der Waals surface area (Å²) in [7, 11) is 0. The van der Waals surface area contributed by atoms with Gasteiger partial charge in [-0.25, -0.2) is 0 Å². The molecule has 0 saturated heterocycles. The van der Waals surface area contributed by atoms with Gasteiger partial charge in [-0.2, -0.15) is 0 Å². The highest BCUT2D eigenvalue weighted by atomic mass is 16.5. The Morgan fingerprint density at radius 2 is 1.79 bits per heavy atom. The van der Waals surface area contributed by atoms with E-state index in [4.69, 9.17) is 4.74 Å². The molecule has 1 rings (SSSR count). The molecule has 0 radical (unpaired) electrons. The van der Waals surface area contributed by atoms with Crippen LogP contribution in [0.1, 0.15) is 65.4 Å². The van der Waals surface area contributed by atoms with Crippen molar-refractivity contribution in [3.63, 3.8) is 0 Å². The van der Waals surface area contributed by atoms with Gasteiger partial charge in [-0.1, -0.05) is 46.5 Å². The van der Waals surface area contributed by atoms with E-state index in [0.717, 1.165) is 17.7 Å². The van der Waals surface area contributed by atoms with Crippen LogP contribution in [0.5, 0.6) is 11.5 Å². The second kappa shape index (κ2) is 7.42. The summed E-state index contributed by atoms with van der Waals surface area (Å²) < 4.78 is 5.51. The molecule has 1 aromatic carbocycles. The van der Waals surface area contributed by atoms with Gasteiger partial charge in [0.05, 0.1) is 6.61 Å². The highest BCUT2D eigenvalue weighted by Gasteiger charge is 2.21. The summed E-state index contributed by atoms with van der Waals surface area (Å²) in [4.78, 5) is 0. The average Bonchev–Trinajstić information content (AvgIpc) is 2.34. The first-order valence-electron chi connectivity index (χ1n) is 7.47. The van der Waals surface area contributed by atoms with Gasteiger partial charge in [0.25, 0.3) is 0 Å². The van der Waals surface area contributed by atoms with Crippen molar-refractivity contribution in [2.24, 2.45) is 0 Å². The maximum Gasteiger partial charge on any atom is 0.123 e. The highest BCUT2D eigenvalue weighted by molar-refractivity contribution is 5.40. The number of hydrogen-bond acceptors (Lipinski definition) is 2. The monoisotopic (exact) mass is 264 g/mol. The van der Waals surface area contributed by atoms with E-state index >= 15 is 0 Å². The summed E-state index contributed by atoms with van der Waals surface area (Å²) in [5.74, 6) is 1.06. The minimum absolute atomic E-state index is 0.0817. The number of ether oxygens (including phenoxy) is 1. The molecule has 0 unspecified atom stereocenters. The summed E-state index contributed by atoms with van der Waals surface area (Å²) in [5, 5.41) is 9.81. The van der Waals surface area contributed by atoms with Crippen LogP contribution in [-0.4, -0.2) is 11.7 Å². The predicted molar refractivity (Wildman–Crippen MR) is 81.1 cm³/mol. The Bertz CT molecular complexity index is 383. The highest BCUT2D eigenvalue weighted by Crippen LogP contribution is 2.34. The van der Waals surface area contributed by atoms with Gasteiger partial charge in [-0.3, -0.25) is 0 Å². The summed E-state index contributed by atoms with van der Waals surface area (Å²) in [6.45, 7) is 9.29. The molecule has 1 N–H and O–H groups in total. The first kappa shape index (κ1) is 15.9. The molecule has 108 valence electrons. The molecule has 0 amide bonds. The quantitative estimate of drug-likeness (QED) is 0.667. The third-order valence-electron chi connectivity index (χ3n) is 3.64. The number of benzene rings is 1. The first-order chi connectivity index (χ1) is 8.99. The number of hydrogen-bond donors (Lipinski definition) is 1. The molecule has 2 heteroatoms. The van der Waals surface area contributed by atoms with Crippen molar-refractivity contribution in [2.75, 3.05) is 6.61 Å². The molecule has 2 nitrogen and oxygen atoms in total. The third kappa shape index (κ3) is 5.14. The van der Waals surface area contributed by atoms with Gasteiger partial charge in [0.1, 0.15) is 11.5 Å². The number of phenols is 1. The maximum atomic E-state index is 9.81. The SMILES string of the molecule is CCCCCCC(C)(C)c1cc(O)cc(OCC)c1. The van der Waals surface area contributed by atoms with Gasteiger partial charge >= 0.3 is 0 Å². The third-order valence-corrected chi connectivity index (χ3v) is 3.64. The van der Waals surface area contributed by atoms with Crippen molar-refractivity contribution >= 4 is 0 Å². The molecule has 0 aliphatic rings. The van der Waals surface area contributed by atoms with Crippen molar-refractivity contribution in [1.82, 2.24) is 0 Å². The fourth-order valence-electron chi connectivity index (χ4n) is 2.36. The van der Waals surface area contributed by atoms with Gasteiger partial charge in [-0.15, -0.1) is 0 Å². The van der Waals surface area contributed by atoms with Crippen molar-refractivity contribution in [3.05, 3.63) is 23.8 Å². The second-order valence-corrected chi connectivity index (χ2v) is 5.84. The lowest BCUT2D eigenvalue weighted by atomic mass is 9.80. The smallest absolute Gasteiger partial charge is 0.123 e. The van der Waals surface area contributed by atoms with E-state index in [2.05, 4.69) is 26.8 Å². The van der Waals surface area contributed by atoms with E-state index in [1.165, 1.54) is 25.7 Å². The Kier molecular flexibility index (Phi) is 6.20. The lowest BCUT2D eigenvalue weighted by Gasteiger charge is -2.26. The van der Waals surface area contributed by atoms with Crippen LogP contribution in [-0.2, 0) is 5.41 Å². The van der Waals surface area contributed by atoms with Gasteiger partial charge in [0.15, 0.2) is 0 Å². The summed E-state index contributed by atoms with van der Waals surface area (Å²) in [6.07, 6.45) is 6.24. The fourth-order valence-corrected chi connectivity index (χ4v) is 2.36. The van der Waals surface area contributed by atoms with Crippen molar-refractivity contribution in [2.45, 2.75) is 65.2 Å². The Morgan fingerprint density at radius 1 is 1.05 bits per heavy atom. The minimum atomic E-state index is 0.0817. The van der Waals surface area contributed by atoms with Crippen molar-refractivity contribution < 1.29 is 9.84 Å². The van der Waals surface area contributed by atoms with Gasteiger partial charge in [0, 0.05) is 6.07 Å². The van der Waals surface area contributed by atoms with Crippen LogP contribution in [0.2, 0.25) is 0 Å². The van der Waals surface area contributed by atoms with Crippen LogP contribution in [0, 0.1) is 0 Å². The molecule has 19 heavy (non-hydrogen) atoms. The Labute approximate surface area is 117 Å². The lowest BCUT2D eigenvalue weighted by molar-refractivity contribution is 0.335. The zero-order chi connectivity index (χ0) is 14.3. The fraction of sp³-hybridized carbons (Fsp3) is 0.647.